The molecule has 4 heteroatoms. The van der Waals surface area contributed by atoms with Gasteiger partial charge in [0.15, 0.2) is 0 Å². The van der Waals surface area contributed by atoms with Gasteiger partial charge in [0.2, 0.25) is 0 Å². The van der Waals surface area contributed by atoms with Crippen molar-refractivity contribution in [3.05, 3.63) is 22.3 Å². The van der Waals surface area contributed by atoms with Gasteiger partial charge in [-0.05, 0) is 0 Å². The Kier molecular flexibility index (Phi) is 12.0. The Bertz CT molecular complexity index is 388. The molecule has 0 spiro atoms. The van der Waals surface area contributed by atoms with Crippen LogP contribution in [0.1, 0.15) is 59.8 Å². The molecule has 0 aromatic heterocycles. The van der Waals surface area contributed by atoms with E-state index in [-0.39, 0.29) is 24.8 Å². The number of rotatable bonds is 7. The largest absolute Gasteiger partial charge is 1.00 e. The quantitative estimate of drug-likeness (QED) is 0.517. The molecule has 1 aliphatic rings. The van der Waals surface area contributed by atoms with Gasteiger partial charge in [0.25, 0.3) is 0 Å². The van der Waals surface area contributed by atoms with Crippen molar-refractivity contribution in [2.75, 3.05) is 20.6 Å². The second-order valence-electron chi connectivity index (χ2n) is 5.79. The molecule has 0 radical (unpaired) electrons. The summed E-state index contributed by atoms with van der Waals surface area (Å²) in [5, 5.41) is 0. The minimum atomic E-state index is 0. The molecule has 0 amide bonds. The minimum Gasteiger partial charge on any atom is -1.00 e. The van der Waals surface area contributed by atoms with Crippen molar-refractivity contribution >= 4 is 0 Å². The van der Waals surface area contributed by atoms with E-state index in [1.807, 2.05) is 0 Å². The first-order chi connectivity index (χ1) is 8.96. The fourth-order valence-corrected chi connectivity index (χ4v) is 4.50. The van der Waals surface area contributed by atoms with Gasteiger partial charge < -0.3 is 24.8 Å². The SMILES string of the molecule is CCC1=C(CC)[C]([Ti+2])(CC)C(CCN(C)C)=C1CC.[Cl-].[Cl-]. The van der Waals surface area contributed by atoms with Crippen LogP contribution in [-0.4, -0.2) is 25.5 Å². The summed E-state index contributed by atoms with van der Waals surface area (Å²) in [5.41, 5.74) is 6.83. The summed E-state index contributed by atoms with van der Waals surface area (Å²) in [5.74, 6) is 0. The van der Waals surface area contributed by atoms with E-state index in [1.54, 1.807) is 22.3 Å². The van der Waals surface area contributed by atoms with Gasteiger partial charge in [-0.25, -0.2) is 0 Å². The molecule has 0 N–H and O–H groups in total. The van der Waals surface area contributed by atoms with Crippen LogP contribution in [0.15, 0.2) is 22.3 Å². The van der Waals surface area contributed by atoms with Crippen molar-refractivity contribution in [3.8, 4) is 0 Å². The third-order valence-electron chi connectivity index (χ3n) is 4.52. The molecule has 121 valence electrons. The Labute approximate surface area is 156 Å². The van der Waals surface area contributed by atoms with Crippen LogP contribution in [0.3, 0.4) is 0 Å². The third kappa shape index (κ3) is 4.85. The van der Waals surface area contributed by atoms with E-state index >= 15 is 0 Å². The monoisotopic (exact) mass is 366 g/mol. The normalized spacial score (nSPS) is 21.8. The summed E-state index contributed by atoms with van der Waals surface area (Å²) in [6.45, 7) is 10.5. The topological polar surface area (TPSA) is 3.24 Å². The number of hydrogen-bond donors (Lipinski definition) is 0. The average molecular weight is 367 g/mol. The van der Waals surface area contributed by atoms with Crippen molar-refractivity contribution in [1.82, 2.24) is 4.90 Å². The van der Waals surface area contributed by atoms with Crippen molar-refractivity contribution in [2.45, 2.75) is 63.5 Å². The van der Waals surface area contributed by atoms with E-state index in [1.165, 1.54) is 38.6 Å². The molecule has 0 fully saturated rings. The summed E-state index contributed by atoms with van der Waals surface area (Å²) in [4.78, 5) is 2.31. The maximum absolute atomic E-state index is 2.48. The molecule has 0 aromatic carbocycles. The maximum Gasteiger partial charge on any atom is -1.00 e. The molecule has 1 nitrogen and oxygen atoms in total. The van der Waals surface area contributed by atoms with Gasteiger partial charge in [0.1, 0.15) is 0 Å². The Morgan fingerprint density at radius 3 is 1.67 bits per heavy atom. The zero-order chi connectivity index (χ0) is 14.6. The van der Waals surface area contributed by atoms with Crippen molar-refractivity contribution in [3.63, 3.8) is 0 Å². The summed E-state index contributed by atoms with van der Waals surface area (Å²) >= 11 is 2.48. The van der Waals surface area contributed by atoms with Crippen LogP contribution < -0.4 is 24.8 Å². The summed E-state index contributed by atoms with van der Waals surface area (Å²) in [7, 11) is 4.36. The van der Waals surface area contributed by atoms with Crippen molar-refractivity contribution in [2.24, 2.45) is 0 Å². The molecule has 0 heterocycles. The second-order valence-corrected chi connectivity index (χ2v) is 7.12. The van der Waals surface area contributed by atoms with Gasteiger partial charge >= 0.3 is 132 Å². The molecular weight excluding hydrogens is 337 g/mol. The molecule has 21 heavy (non-hydrogen) atoms. The van der Waals surface area contributed by atoms with E-state index in [4.69, 9.17) is 0 Å². The number of hydrogen-bond acceptors (Lipinski definition) is 1. The van der Waals surface area contributed by atoms with Gasteiger partial charge in [-0.15, -0.1) is 0 Å². The molecule has 0 aromatic rings. The smallest absolute Gasteiger partial charge is 1.00 e. The molecular formula is C17H30Cl2NTi. The summed E-state index contributed by atoms with van der Waals surface area (Å²) in [6, 6.07) is 0. The van der Waals surface area contributed by atoms with Crippen LogP contribution in [0.4, 0.5) is 0 Å². The van der Waals surface area contributed by atoms with Crippen LogP contribution >= 0.6 is 0 Å². The molecule has 0 saturated heterocycles. The number of halogens is 2. The van der Waals surface area contributed by atoms with Gasteiger partial charge in [0.05, 0.1) is 0 Å². The molecule has 0 bridgehead atoms. The van der Waals surface area contributed by atoms with Crippen LogP contribution in [0.5, 0.6) is 0 Å². The summed E-state index contributed by atoms with van der Waals surface area (Å²) in [6.07, 6.45) is 6.08. The molecule has 1 atom stereocenters. The third-order valence-corrected chi connectivity index (χ3v) is 6.02. The molecule has 0 aliphatic heterocycles. The Morgan fingerprint density at radius 1 is 0.857 bits per heavy atom. The zero-order valence-corrected chi connectivity index (χ0v) is 17.5. The first-order valence-electron chi connectivity index (χ1n) is 7.81. The van der Waals surface area contributed by atoms with E-state index < -0.39 is 0 Å². The average Bonchev–Trinajstić information content (AvgIpc) is 2.64. The van der Waals surface area contributed by atoms with E-state index in [0.29, 0.717) is 3.72 Å². The first-order valence-corrected chi connectivity index (χ1v) is 8.59. The van der Waals surface area contributed by atoms with Gasteiger partial charge in [-0.1, -0.05) is 0 Å². The standard InChI is InChI=1S/C17H30N.2ClH.Ti/c1-7-13-14(8-2)16(10-4)17(15(13)9-3)11-12-18(5)6;;;/h7-12H2,1-6H3;2*1H;/q;;;+2/p-2. The van der Waals surface area contributed by atoms with E-state index in [2.05, 4.69) is 67.1 Å². The summed E-state index contributed by atoms with van der Waals surface area (Å²) < 4.78 is 0.335. The molecule has 1 aliphatic carbocycles. The van der Waals surface area contributed by atoms with Crippen molar-refractivity contribution < 1.29 is 45.2 Å². The van der Waals surface area contributed by atoms with E-state index in [9.17, 15) is 0 Å². The van der Waals surface area contributed by atoms with Gasteiger partial charge in [-0.2, -0.15) is 0 Å². The van der Waals surface area contributed by atoms with Crippen LogP contribution in [0, 0.1) is 0 Å². The maximum atomic E-state index is 2.48. The van der Waals surface area contributed by atoms with Crippen molar-refractivity contribution in [1.29, 1.82) is 0 Å². The second kappa shape index (κ2) is 10.5. The number of allylic oxidation sites excluding steroid dienone is 3. The fraction of sp³-hybridized carbons (Fsp3) is 0.765. The molecule has 0 saturated carbocycles. The fourth-order valence-electron chi connectivity index (χ4n) is 3.56. The van der Waals surface area contributed by atoms with Crippen LogP contribution in [0.2, 0.25) is 3.72 Å². The Hall–Kier alpha value is 0.734. The predicted octanol–water partition coefficient (Wildman–Crippen LogP) is -1.10. The molecule has 1 rings (SSSR count). The van der Waals surface area contributed by atoms with Gasteiger partial charge in [0, 0.05) is 0 Å². The zero-order valence-electron chi connectivity index (χ0n) is 14.4. The minimum absolute atomic E-state index is 0. The van der Waals surface area contributed by atoms with E-state index in [0.717, 1.165) is 0 Å². The van der Waals surface area contributed by atoms with Crippen LogP contribution in [0.25, 0.3) is 0 Å². The Morgan fingerprint density at radius 2 is 1.33 bits per heavy atom. The Balaban J connectivity index is 0. The van der Waals surface area contributed by atoms with Gasteiger partial charge in [-0.3, -0.25) is 0 Å². The first kappa shape index (κ1) is 24.0. The number of nitrogens with zero attached hydrogens (tertiary/aromatic N) is 1. The molecule has 1 unspecified atom stereocenters. The predicted molar refractivity (Wildman–Crippen MR) is 81.1 cm³/mol. The van der Waals surface area contributed by atoms with Crippen LogP contribution in [-0.2, 0) is 20.4 Å².